The van der Waals surface area contributed by atoms with Gasteiger partial charge in [0.1, 0.15) is 0 Å². The van der Waals surface area contributed by atoms with Gasteiger partial charge in [0, 0.05) is 10.8 Å². The molecule has 4 nitrogen and oxygen atoms in total. The SMILES string of the molecule is C=C1CCCCC2(CCCCCC)c3cc4c(cc3-c3c2cc(B(O)O)c2ccccc32)C(C)(C)C(C)(C)c2cc3c(cc2-4)C(CCCCCC)(CCCC1)c1cc(B(O)O)c2ccccc2c1-3. The fourth-order valence-electron chi connectivity index (χ4n) is 14.2. The molecule has 6 aromatic rings. The van der Waals surface area contributed by atoms with E-state index < -0.39 is 14.2 Å². The summed E-state index contributed by atoms with van der Waals surface area (Å²) < 4.78 is 0. The maximum absolute atomic E-state index is 11.1. The van der Waals surface area contributed by atoms with Crippen LogP contribution in [0.3, 0.4) is 0 Å². The zero-order valence-corrected chi connectivity index (χ0v) is 42.0. The van der Waals surface area contributed by atoms with Gasteiger partial charge in [0.05, 0.1) is 0 Å². The quantitative estimate of drug-likeness (QED) is 0.0560. The maximum atomic E-state index is 11.1. The van der Waals surface area contributed by atoms with Crippen LogP contribution in [0.15, 0.2) is 97.1 Å². The van der Waals surface area contributed by atoms with E-state index >= 15 is 0 Å². The molecule has 0 fully saturated rings. The smallest absolute Gasteiger partial charge is 0.423 e. The molecule has 10 rings (SSSR count). The lowest BCUT2D eigenvalue weighted by atomic mass is 9.54. The third kappa shape index (κ3) is 7.24. The zero-order valence-electron chi connectivity index (χ0n) is 42.0. The summed E-state index contributed by atoms with van der Waals surface area (Å²) in [4.78, 5) is 0. The molecule has 0 saturated heterocycles. The van der Waals surface area contributed by atoms with E-state index in [2.05, 4.69) is 114 Å². The van der Waals surface area contributed by atoms with Gasteiger partial charge in [-0.05, 0) is 186 Å². The highest BCUT2D eigenvalue weighted by Gasteiger charge is 2.52. The van der Waals surface area contributed by atoms with Crippen LogP contribution in [0.25, 0.3) is 54.9 Å². The van der Waals surface area contributed by atoms with E-state index in [1.54, 1.807) is 0 Å². The molecule has 2 unspecified atom stereocenters. The van der Waals surface area contributed by atoms with Crippen molar-refractivity contribution in [2.45, 2.75) is 179 Å². The summed E-state index contributed by atoms with van der Waals surface area (Å²) in [5, 5.41) is 48.5. The van der Waals surface area contributed by atoms with E-state index in [4.69, 9.17) is 6.58 Å². The Morgan fingerprint density at radius 2 is 0.838 bits per heavy atom. The normalized spacial score (nSPS) is 21.0. The molecule has 2 atom stereocenters. The van der Waals surface area contributed by atoms with Crippen LogP contribution in [-0.2, 0) is 21.7 Å². The lowest BCUT2D eigenvalue weighted by molar-refractivity contribution is 0.299. The molecule has 0 radical (unpaired) electrons. The molecule has 0 heterocycles. The molecule has 0 spiro atoms. The van der Waals surface area contributed by atoms with Gasteiger partial charge in [-0.15, -0.1) is 0 Å². The van der Waals surface area contributed by atoms with E-state index in [0.29, 0.717) is 10.9 Å². The minimum Gasteiger partial charge on any atom is -0.423 e. The molecule has 68 heavy (non-hydrogen) atoms. The van der Waals surface area contributed by atoms with Crippen LogP contribution in [0, 0.1) is 0 Å². The highest BCUT2D eigenvalue weighted by atomic mass is 16.4. The van der Waals surface area contributed by atoms with Crippen LogP contribution in [0.5, 0.6) is 0 Å². The second kappa shape index (κ2) is 18.1. The number of benzene rings is 6. The van der Waals surface area contributed by atoms with E-state index in [-0.39, 0.29) is 21.7 Å². The average Bonchev–Trinajstić information content (AvgIpc) is 3.75. The fraction of sp³-hybridized carbons (Fsp3) is 0.452. The van der Waals surface area contributed by atoms with Crippen LogP contribution in [0.1, 0.15) is 190 Å². The van der Waals surface area contributed by atoms with Gasteiger partial charge in [-0.1, -0.05) is 179 Å². The van der Waals surface area contributed by atoms with E-state index in [1.165, 1.54) is 111 Å². The van der Waals surface area contributed by atoms with Crippen molar-refractivity contribution in [3.05, 3.63) is 130 Å². The van der Waals surface area contributed by atoms with E-state index in [1.807, 2.05) is 12.1 Å². The summed E-state index contributed by atoms with van der Waals surface area (Å²) in [6, 6.07) is 31.8. The molecule has 0 aliphatic heterocycles. The summed E-state index contributed by atoms with van der Waals surface area (Å²) in [7, 11) is -3.15. The Labute approximate surface area is 407 Å². The van der Waals surface area contributed by atoms with Crippen LogP contribution in [-0.4, -0.2) is 34.3 Å². The Morgan fingerprint density at radius 1 is 0.456 bits per heavy atom. The molecule has 4 aliphatic rings. The molecule has 4 bridgehead atoms. The molecule has 0 aromatic heterocycles. The number of hydrogen-bond acceptors (Lipinski definition) is 4. The number of hydrogen-bond donors (Lipinski definition) is 4. The Bertz CT molecular complexity index is 2750. The number of unbranched alkanes of at least 4 members (excludes halogenated alkanes) is 6. The summed E-state index contributed by atoms with van der Waals surface area (Å²) in [6.45, 7) is 19.1. The van der Waals surface area contributed by atoms with Crippen molar-refractivity contribution in [1.29, 1.82) is 0 Å². The van der Waals surface area contributed by atoms with Crippen molar-refractivity contribution >= 4 is 46.7 Å². The van der Waals surface area contributed by atoms with Crippen molar-refractivity contribution in [3.8, 4) is 33.4 Å². The molecule has 6 aromatic carbocycles. The molecular formula is C62H74B2O4. The first-order valence-corrected chi connectivity index (χ1v) is 26.6. The van der Waals surface area contributed by atoms with Crippen molar-refractivity contribution in [2.75, 3.05) is 0 Å². The Balaban J connectivity index is 1.31. The Morgan fingerprint density at radius 3 is 1.22 bits per heavy atom. The highest BCUT2D eigenvalue weighted by Crippen LogP contribution is 2.64. The number of fused-ring (bicyclic) bond motifs is 10. The van der Waals surface area contributed by atoms with Gasteiger partial charge in [-0.2, -0.15) is 0 Å². The summed E-state index contributed by atoms with van der Waals surface area (Å²) in [5.41, 5.74) is 17.4. The average molecular weight is 905 g/mol. The maximum Gasteiger partial charge on any atom is 0.489 e. The molecule has 4 N–H and O–H groups in total. The van der Waals surface area contributed by atoms with Gasteiger partial charge in [-0.3, -0.25) is 0 Å². The van der Waals surface area contributed by atoms with Crippen molar-refractivity contribution in [2.24, 2.45) is 0 Å². The van der Waals surface area contributed by atoms with Gasteiger partial charge < -0.3 is 20.1 Å². The highest BCUT2D eigenvalue weighted by molar-refractivity contribution is 6.62. The fourth-order valence-corrected chi connectivity index (χ4v) is 14.2. The van der Waals surface area contributed by atoms with Crippen LogP contribution < -0.4 is 10.9 Å². The second-order valence-electron chi connectivity index (χ2n) is 22.7. The molecule has 352 valence electrons. The topological polar surface area (TPSA) is 80.9 Å². The van der Waals surface area contributed by atoms with Crippen LogP contribution >= 0.6 is 0 Å². The third-order valence-electron chi connectivity index (χ3n) is 18.5. The minimum absolute atomic E-state index is 0.257. The van der Waals surface area contributed by atoms with Gasteiger partial charge in [0.2, 0.25) is 0 Å². The molecular weight excluding hydrogens is 830 g/mol. The van der Waals surface area contributed by atoms with Gasteiger partial charge >= 0.3 is 14.2 Å². The molecule has 0 amide bonds. The first-order chi connectivity index (χ1) is 32.7. The molecule has 6 heteroatoms. The minimum atomic E-state index is -1.58. The van der Waals surface area contributed by atoms with Crippen molar-refractivity contribution in [1.82, 2.24) is 0 Å². The van der Waals surface area contributed by atoms with E-state index in [9.17, 15) is 20.1 Å². The predicted molar refractivity (Wildman–Crippen MR) is 289 cm³/mol. The summed E-state index contributed by atoms with van der Waals surface area (Å²) in [5.74, 6) is 0. The standard InChI is InChI=1S/C62H74B2O4/c1-8-10-12-20-30-61-32-22-18-24-40(3)25-19-23-33-62(31-21-13-11-9-2)52-35-46-45-34-51(61)47(57-43-28-16-14-26-41(43)55(63(65)66)38-53(57)61)36-49(45)59(4,5)60(6,7)50(46)37-48(52)58-44-29-17-15-27-42(44)56(64(67)68)39-54(58)62/h14-17,26-29,34-39,65-68H,3,8-13,18-25,30-33H2,1-2,4-7H3. The predicted octanol–water partition coefficient (Wildman–Crippen LogP) is 13.8. The Kier molecular flexibility index (Phi) is 12.5. The molecule has 0 saturated carbocycles. The van der Waals surface area contributed by atoms with Gasteiger partial charge in [-0.25, -0.2) is 0 Å². The second-order valence-corrected chi connectivity index (χ2v) is 22.7. The number of allylic oxidation sites excluding steroid dienone is 1. The number of rotatable bonds is 12. The van der Waals surface area contributed by atoms with Gasteiger partial charge in [0.25, 0.3) is 0 Å². The summed E-state index contributed by atoms with van der Waals surface area (Å²) in [6.07, 6.45) is 19.7. The lowest BCUT2D eigenvalue weighted by Gasteiger charge is -2.49. The monoisotopic (exact) mass is 905 g/mol. The molecule has 4 aliphatic carbocycles. The Hall–Kier alpha value is -4.45. The first-order valence-electron chi connectivity index (χ1n) is 26.6. The largest absolute Gasteiger partial charge is 0.489 e. The van der Waals surface area contributed by atoms with Gasteiger partial charge in [0.15, 0.2) is 0 Å². The zero-order chi connectivity index (χ0) is 47.8. The third-order valence-corrected chi connectivity index (χ3v) is 18.5. The lowest BCUT2D eigenvalue weighted by Crippen LogP contribution is -2.44. The van der Waals surface area contributed by atoms with Crippen LogP contribution in [0.4, 0.5) is 0 Å². The van der Waals surface area contributed by atoms with E-state index in [0.717, 1.165) is 98.6 Å². The first kappa shape index (κ1) is 47.2. The van der Waals surface area contributed by atoms with Crippen molar-refractivity contribution in [3.63, 3.8) is 0 Å². The van der Waals surface area contributed by atoms with Crippen LogP contribution in [0.2, 0.25) is 0 Å². The summed E-state index contributed by atoms with van der Waals surface area (Å²) >= 11 is 0. The van der Waals surface area contributed by atoms with Crippen molar-refractivity contribution < 1.29 is 20.1 Å².